The first-order valence-corrected chi connectivity index (χ1v) is 9.57. The van der Waals surface area contributed by atoms with Crippen LogP contribution in [0.25, 0.3) is 0 Å². The van der Waals surface area contributed by atoms with Crippen LogP contribution in [0.3, 0.4) is 0 Å². The minimum atomic E-state index is 0.00170. The van der Waals surface area contributed by atoms with Crippen LogP contribution in [0, 0.1) is 11.8 Å². The van der Waals surface area contributed by atoms with Gasteiger partial charge in [-0.25, -0.2) is 4.79 Å². The highest BCUT2D eigenvalue weighted by molar-refractivity contribution is 5.74. The highest BCUT2D eigenvalue weighted by Gasteiger charge is 2.28. The molecule has 5 heteroatoms. The summed E-state index contributed by atoms with van der Waals surface area (Å²) in [6, 6.07) is 1.14. The summed E-state index contributed by atoms with van der Waals surface area (Å²) in [7, 11) is 0. The van der Waals surface area contributed by atoms with Gasteiger partial charge in [0.05, 0.1) is 6.61 Å². The molecule has 2 heterocycles. The second-order valence-electron chi connectivity index (χ2n) is 7.81. The zero-order chi connectivity index (χ0) is 16.1. The van der Waals surface area contributed by atoms with Gasteiger partial charge in [-0.3, -0.25) is 0 Å². The topological polar surface area (TPSA) is 53.6 Å². The Morgan fingerprint density at radius 3 is 2.48 bits per heavy atom. The number of carbonyl (C=O) groups is 1. The molecule has 0 aromatic heterocycles. The van der Waals surface area contributed by atoms with E-state index < -0.39 is 0 Å². The third-order valence-electron chi connectivity index (χ3n) is 5.94. The lowest BCUT2D eigenvalue weighted by Gasteiger charge is -2.40. The van der Waals surface area contributed by atoms with Crippen molar-refractivity contribution in [1.29, 1.82) is 0 Å². The van der Waals surface area contributed by atoms with Crippen LogP contribution >= 0.6 is 0 Å². The average Bonchev–Trinajstić information content (AvgIpc) is 3.08. The fourth-order valence-electron chi connectivity index (χ4n) is 4.23. The number of hydrogen-bond acceptors (Lipinski definition) is 3. The predicted molar refractivity (Wildman–Crippen MR) is 91.5 cm³/mol. The number of carbonyl (C=O) groups excluding carboxylic acids is 1. The summed E-state index contributed by atoms with van der Waals surface area (Å²) in [6.45, 7) is 7.03. The van der Waals surface area contributed by atoms with Gasteiger partial charge in [0.1, 0.15) is 0 Å². The Labute approximate surface area is 140 Å². The Balaban J connectivity index is 1.31. The van der Waals surface area contributed by atoms with E-state index in [2.05, 4.69) is 22.5 Å². The molecule has 5 nitrogen and oxygen atoms in total. The van der Waals surface area contributed by atoms with Crippen molar-refractivity contribution in [2.24, 2.45) is 11.8 Å². The molecular weight excluding hydrogens is 290 g/mol. The lowest BCUT2D eigenvalue weighted by atomic mass is 9.85. The predicted octanol–water partition coefficient (Wildman–Crippen LogP) is 2.37. The van der Waals surface area contributed by atoms with Crippen LogP contribution < -0.4 is 10.6 Å². The van der Waals surface area contributed by atoms with Crippen molar-refractivity contribution >= 4 is 6.03 Å². The zero-order valence-corrected chi connectivity index (χ0v) is 14.6. The van der Waals surface area contributed by atoms with E-state index in [4.69, 9.17) is 4.74 Å². The van der Waals surface area contributed by atoms with Crippen LogP contribution in [0.4, 0.5) is 4.79 Å². The fourth-order valence-corrected chi connectivity index (χ4v) is 4.23. The standard InChI is InChI=1S/C18H33N3O2/c1-14-2-4-17(5-3-14)21-9-6-16(7-10-21)20-18(22)19-12-15-8-11-23-13-15/h14-17H,2-13H2,1H3,(H2,19,20,22)/t14?,15-,17?/m1/s1. The van der Waals surface area contributed by atoms with E-state index in [0.29, 0.717) is 12.0 Å². The smallest absolute Gasteiger partial charge is 0.315 e. The van der Waals surface area contributed by atoms with Crippen molar-refractivity contribution in [3.8, 4) is 0 Å². The molecule has 0 radical (unpaired) electrons. The van der Waals surface area contributed by atoms with Gasteiger partial charge in [0.2, 0.25) is 0 Å². The van der Waals surface area contributed by atoms with Crippen LogP contribution in [-0.2, 0) is 4.74 Å². The summed E-state index contributed by atoms with van der Waals surface area (Å²) in [5.74, 6) is 1.41. The molecular formula is C18H33N3O2. The third kappa shape index (κ3) is 5.08. The van der Waals surface area contributed by atoms with Crippen molar-refractivity contribution in [3.63, 3.8) is 0 Å². The second-order valence-corrected chi connectivity index (χ2v) is 7.81. The molecule has 2 N–H and O–H groups in total. The molecule has 0 bridgehead atoms. The van der Waals surface area contributed by atoms with E-state index in [9.17, 15) is 4.79 Å². The molecule has 23 heavy (non-hydrogen) atoms. The number of ether oxygens (including phenoxy) is 1. The summed E-state index contributed by atoms with van der Waals surface area (Å²) >= 11 is 0. The first-order chi connectivity index (χ1) is 11.2. The van der Waals surface area contributed by atoms with Crippen LogP contribution in [-0.4, -0.2) is 55.9 Å². The maximum atomic E-state index is 12.0. The van der Waals surface area contributed by atoms with Gasteiger partial charge < -0.3 is 20.3 Å². The number of nitrogens with one attached hydrogen (secondary N) is 2. The van der Waals surface area contributed by atoms with Gasteiger partial charge in [0, 0.05) is 44.2 Å². The Bertz CT molecular complexity index is 368. The maximum absolute atomic E-state index is 12.0. The van der Waals surface area contributed by atoms with Crippen molar-refractivity contribution in [3.05, 3.63) is 0 Å². The van der Waals surface area contributed by atoms with Crippen molar-refractivity contribution in [2.45, 2.75) is 64.0 Å². The molecule has 0 aromatic carbocycles. The van der Waals surface area contributed by atoms with E-state index in [1.165, 1.54) is 25.7 Å². The third-order valence-corrected chi connectivity index (χ3v) is 5.94. The molecule has 132 valence electrons. The van der Waals surface area contributed by atoms with E-state index >= 15 is 0 Å². The van der Waals surface area contributed by atoms with Crippen LogP contribution in [0.15, 0.2) is 0 Å². The maximum Gasteiger partial charge on any atom is 0.315 e. The van der Waals surface area contributed by atoms with Crippen molar-refractivity contribution in [2.75, 3.05) is 32.8 Å². The van der Waals surface area contributed by atoms with Crippen LogP contribution in [0.5, 0.6) is 0 Å². The van der Waals surface area contributed by atoms with E-state index in [0.717, 1.165) is 64.1 Å². The molecule has 3 rings (SSSR count). The highest BCUT2D eigenvalue weighted by Crippen LogP contribution is 2.28. The lowest BCUT2D eigenvalue weighted by Crippen LogP contribution is -2.51. The van der Waals surface area contributed by atoms with E-state index in [1.807, 2.05) is 0 Å². The van der Waals surface area contributed by atoms with Crippen molar-refractivity contribution in [1.82, 2.24) is 15.5 Å². The number of hydrogen-bond donors (Lipinski definition) is 2. The molecule has 1 saturated carbocycles. The van der Waals surface area contributed by atoms with E-state index in [-0.39, 0.29) is 6.03 Å². The zero-order valence-electron chi connectivity index (χ0n) is 14.6. The minimum absolute atomic E-state index is 0.00170. The fraction of sp³-hybridized carbons (Fsp3) is 0.944. The molecule has 0 unspecified atom stereocenters. The molecule has 3 fully saturated rings. The monoisotopic (exact) mass is 323 g/mol. The second kappa shape index (κ2) is 8.34. The molecule has 3 aliphatic rings. The summed E-state index contributed by atoms with van der Waals surface area (Å²) in [4.78, 5) is 14.7. The van der Waals surface area contributed by atoms with Gasteiger partial charge in [-0.15, -0.1) is 0 Å². The van der Waals surface area contributed by atoms with Gasteiger partial charge in [0.15, 0.2) is 0 Å². The van der Waals surface area contributed by atoms with Gasteiger partial charge in [-0.1, -0.05) is 6.92 Å². The number of rotatable bonds is 4. The van der Waals surface area contributed by atoms with Gasteiger partial charge >= 0.3 is 6.03 Å². The molecule has 2 amide bonds. The highest BCUT2D eigenvalue weighted by atomic mass is 16.5. The number of urea groups is 1. The SMILES string of the molecule is CC1CCC(N2CCC(NC(=O)NC[C@H]3CCOC3)CC2)CC1. The number of piperidine rings is 1. The Hall–Kier alpha value is -0.810. The first kappa shape index (κ1) is 17.0. The normalized spacial score (nSPS) is 33.5. The first-order valence-electron chi connectivity index (χ1n) is 9.57. The molecule has 1 atom stereocenters. The lowest BCUT2D eigenvalue weighted by molar-refractivity contribution is 0.106. The van der Waals surface area contributed by atoms with E-state index in [1.54, 1.807) is 0 Å². The number of likely N-dealkylation sites (tertiary alicyclic amines) is 1. The number of amides is 2. The minimum Gasteiger partial charge on any atom is -0.381 e. The quantitative estimate of drug-likeness (QED) is 0.835. The van der Waals surface area contributed by atoms with Crippen LogP contribution in [0.2, 0.25) is 0 Å². The Morgan fingerprint density at radius 2 is 1.83 bits per heavy atom. The average molecular weight is 323 g/mol. The molecule has 2 aliphatic heterocycles. The molecule has 1 aliphatic carbocycles. The summed E-state index contributed by atoms with van der Waals surface area (Å²) in [6.07, 6.45) is 8.75. The van der Waals surface area contributed by atoms with Crippen LogP contribution in [0.1, 0.15) is 51.9 Å². The molecule has 0 spiro atoms. The molecule has 0 aromatic rings. The van der Waals surface area contributed by atoms with Crippen molar-refractivity contribution < 1.29 is 9.53 Å². The molecule has 2 saturated heterocycles. The Kier molecular flexibility index (Phi) is 6.17. The van der Waals surface area contributed by atoms with Gasteiger partial charge in [-0.2, -0.15) is 0 Å². The Morgan fingerprint density at radius 1 is 1.09 bits per heavy atom. The largest absolute Gasteiger partial charge is 0.381 e. The van der Waals surface area contributed by atoms with Gasteiger partial charge in [0.25, 0.3) is 0 Å². The summed E-state index contributed by atoms with van der Waals surface area (Å²) in [5, 5.41) is 6.16. The summed E-state index contributed by atoms with van der Waals surface area (Å²) < 4.78 is 5.34. The number of nitrogens with zero attached hydrogens (tertiary/aromatic N) is 1. The summed E-state index contributed by atoms with van der Waals surface area (Å²) in [5.41, 5.74) is 0. The van der Waals surface area contributed by atoms with Gasteiger partial charge in [-0.05, 0) is 50.9 Å².